The lowest BCUT2D eigenvalue weighted by atomic mass is 10.0. The summed E-state index contributed by atoms with van der Waals surface area (Å²) in [5, 5.41) is 0. The normalized spacial score (nSPS) is 30.6. The molecule has 1 aliphatic rings. The second-order valence-electron chi connectivity index (χ2n) is 4.08. The molecule has 0 bridgehead atoms. The Hall–Kier alpha value is -0.570. The van der Waals surface area contributed by atoms with Crippen molar-refractivity contribution < 1.29 is 9.53 Å². The summed E-state index contributed by atoms with van der Waals surface area (Å²) in [6.07, 6.45) is -0.294. The zero-order valence-corrected chi connectivity index (χ0v) is 8.91. The van der Waals surface area contributed by atoms with E-state index >= 15 is 0 Å². The highest BCUT2D eigenvalue weighted by atomic mass is 16.5. The Morgan fingerprint density at radius 3 is 2.23 bits per heavy atom. The molecule has 1 heterocycles. The van der Waals surface area contributed by atoms with Gasteiger partial charge in [0.25, 0.3) is 5.91 Å². The predicted molar refractivity (Wildman–Crippen MR) is 51.4 cm³/mol. The first-order chi connectivity index (χ1) is 6.06. The maximum absolute atomic E-state index is 11.7. The molecule has 0 aromatic rings. The summed E-state index contributed by atoms with van der Waals surface area (Å²) in [5.41, 5.74) is 0. The van der Waals surface area contributed by atoms with E-state index in [1.165, 1.54) is 0 Å². The van der Waals surface area contributed by atoms with Crippen LogP contribution in [0.1, 0.15) is 20.8 Å². The smallest absolute Gasteiger partial charge is 0.251 e. The van der Waals surface area contributed by atoms with Crippen molar-refractivity contribution in [3.8, 4) is 0 Å². The highest BCUT2D eigenvalue weighted by Crippen LogP contribution is 2.22. The minimum absolute atomic E-state index is 0.124. The number of nitrogens with zero attached hydrogens (tertiary/aromatic N) is 1. The minimum Gasteiger partial charge on any atom is -0.372 e. The number of hydrogen-bond acceptors (Lipinski definition) is 2. The third-order valence-corrected chi connectivity index (χ3v) is 3.00. The van der Waals surface area contributed by atoms with E-state index in [0.29, 0.717) is 11.8 Å². The molecule has 1 saturated heterocycles. The molecule has 0 radical (unpaired) electrons. The number of carbonyl (C=O) groups is 1. The molecule has 13 heavy (non-hydrogen) atoms. The molecular weight excluding hydrogens is 166 g/mol. The first kappa shape index (κ1) is 10.5. The molecule has 0 spiro atoms. The molecule has 3 atom stereocenters. The lowest BCUT2D eigenvalue weighted by Gasteiger charge is -2.19. The van der Waals surface area contributed by atoms with Crippen LogP contribution in [-0.4, -0.2) is 37.1 Å². The summed E-state index contributed by atoms with van der Waals surface area (Å²) in [6, 6.07) is 0. The van der Waals surface area contributed by atoms with E-state index in [1.807, 2.05) is 4.90 Å². The average molecular weight is 185 g/mol. The van der Waals surface area contributed by atoms with E-state index in [9.17, 15) is 4.79 Å². The molecule has 3 unspecified atom stereocenters. The lowest BCUT2D eigenvalue weighted by molar-refractivity contribution is -0.140. The summed E-state index contributed by atoms with van der Waals surface area (Å²) in [6.45, 7) is 7.95. The maximum Gasteiger partial charge on any atom is 0.251 e. The third-order valence-electron chi connectivity index (χ3n) is 3.00. The van der Waals surface area contributed by atoms with Crippen LogP contribution in [0.4, 0.5) is 0 Å². The molecule has 1 rings (SSSR count). The maximum atomic E-state index is 11.7. The van der Waals surface area contributed by atoms with Crippen LogP contribution in [0.5, 0.6) is 0 Å². The summed E-state index contributed by atoms with van der Waals surface area (Å²) >= 11 is 0. The first-order valence-electron chi connectivity index (χ1n) is 4.87. The van der Waals surface area contributed by atoms with Crippen molar-refractivity contribution in [2.75, 3.05) is 20.2 Å². The largest absolute Gasteiger partial charge is 0.372 e. The molecule has 0 saturated carbocycles. The van der Waals surface area contributed by atoms with E-state index in [0.717, 1.165) is 13.1 Å². The quantitative estimate of drug-likeness (QED) is 0.645. The number of amides is 1. The van der Waals surface area contributed by atoms with Gasteiger partial charge in [0, 0.05) is 20.2 Å². The van der Waals surface area contributed by atoms with Crippen molar-refractivity contribution in [1.29, 1.82) is 0 Å². The molecule has 1 aliphatic heterocycles. The molecule has 3 nitrogen and oxygen atoms in total. The molecule has 76 valence electrons. The Morgan fingerprint density at radius 1 is 1.38 bits per heavy atom. The number of carbonyl (C=O) groups excluding carboxylic acids is 1. The van der Waals surface area contributed by atoms with Crippen LogP contribution in [0.25, 0.3) is 0 Å². The van der Waals surface area contributed by atoms with Crippen LogP contribution >= 0.6 is 0 Å². The van der Waals surface area contributed by atoms with Crippen LogP contribution in [-0.2, 0) is 9.53 Å². The van der Waals surface area contributed by atoms with E-state index in [4.69, 9.17) is 4.74 Å². The standard InChI is InChI=1S/C10H19NO2/c1-7-5-11(6-8(7)2)10(12)9(3)13-4/h7-9H,5-6H2,1-4H3. The van der Waals surface area contributed by atoms with Gasteiger partial charge in [0.2, 0.25) is 0 Å². The van der Waals surface area contributed by atoms with Gasteiger partial charge in [-0.15, -0.1) is 0 Å². The Balaban J connectivity index is 2.50. The highest BCUT2D eigenvalue weighted by Gasteiger charge is 2.31. The Kier molecular flexibility index (Phi) is 3.31. The SMILES string of the molecule is COC(C)C(=O)N1CC(C)C(C)C1. The minimum atomic E-state index is -0.294. The molecule has 0 aliphatic carbocycles. The third kappa shape index (κ3) is 2.21. The van der Waals surface area contributed by atoms with E-state index in [2.05, 4.69) is 13.8 Å². The summed E-state index contributed by atoms with van der Waals surface area (Å²) < 4.78 is 5.00. The van der Waals surface area contributed by atoms with Gasteiger partial charge in [-0.2, -0.15) is 0 Å². The number of ether oxygens (including phenoxy) is 1. The second kappa shape index (κ2) is 4.09. The summed E-state index contributed by atoms with van der Waals surface area (Å²) in [7, 11) is 1.57. The van der Waals surface area contributed by atoms with Gasteiger partial charge in [0.1, 0.15) is 6.10 Å². The molecule has 0 aromatic carbocycles. The number of hydrogen-bond donors (Lipinski definition) is 0. The lowest BCUT2D eigenvalue weighted by Crippen LogP contribution is -2.37. The predicted octanol–water partition coefficient (Wildman–Crippen LogP) is 1.14. The fraction of sp³-hybridized carbons (Fsp3) is 0.900. The van der Waals surface area contributed by atoms with Crippen molar-refractivity contribution in [1.82, 2.24) is 4.90 Å². The van der Waals surface area contributed by atoms with Gasteiger partial charge in [-0.25, -0.2) is 0 Å². The summed E-state index contributed by atoms with van der Waals surface area (Å²) in [5.74, 6) is 1.36. The molecule has 3 heteroatoms. The van der Waals surface area contributed by atoms with E-state index in [-0.39, 0.29) is 12.0 Å². The van der Waals surface area contributed by atoms with Gasteiger partial charge in [-0.3, -0.25) is 4.79 Å². The van der Waals surface area contributed by atoms with E-state index in [1.54, 1.807) is 14.0 Å². The molecule has 1 fully saturated rings. The van der Waals surface area contributed by atoms with Crippen molar-refractivity contribution >= 4 is 5.91 Å². The van der Waals surface area contributed by atoms with Crippen LogP contribution in [0, 0.1) is 11.8 Å². The number of methoxy groups -OCH3 is 1. The second-order valence-corrected chi connectivity index (χ2v) is 4.08. The highest BCUT2D eigenvalue weighted by molar-refractivity contribution is 5.80. The zero-order chi connectivity index (χ0) is 10.0. The average Bonchev–Trinajstić information content (AvgIpc) is 2.44. The number of rotatable bonds is 2. The van der Waals surface area contributed by atoms with Crippen molar-refractivity contribution in [3.63, 3.8) is 0 Å². The van der Waals surface area contributed by atoms with E-state index < -0.39 is 0 Å². The van der Waals surface area contributed by atoms with Gasteiger partial charge >= 0.3 is 0 Å². The molecular formula is C10H19NO2. The van der Waals surface area contributed by atoms with Crippen molar-refractivity contribution in [3.05, 3.63) is 0 Å². The zero-order valence-electron chi connectivity index (χ0n) is 8.91. The summed E-state index contributed by atoms with van der Waals surface area (Å²) in [4.78, 5) is 13.6. The molecule has 0 N–H and O–H groups in total. The van der Waals surface area contributed by atoms with Gasteiger partial charge in [-0.1, -0.05) is 13.8 Å². The fourth-order valence-corrected chi connectivity index (χ4v) is 1.67. The Labute approximate surface area is 80.1 Å². The molecule has 1 amide bonds. The van der Waals surface area contributed by atoms with Crippen LogP contribution in [0.2, 0.25) is 0 Å². The fourth-order valence-electron chi connectivity index (χ4n) is 1.67. The van der Waals surface area contributed by atoms with Gasteiger partial charge in [0.15, 0.2) is 0 Å². The van der Waals surface area contributed by atoms with Crippen molar-refractivity contribution in [2.24, 2.45) is 11.8 Å². The van der Waals surface area contributed by atoms with Gasteiger partial charge in [-0.05, 0) is 18.8 Å². The first-order valence-corrected chi connectivity index (χ1v) is 4.87. The monoisotopic (exact) mass is 185 g/mol. The van der Waals surface area contributed by atoms with Crippen LogP contribution < -0.4 is 0 Å². The number of likely N-dealkylation sites (tertiary alicyclic amines) is 1. The topological polar surface area (TPSA) is 29.5 Å². The Bertz CT molecular complexity index is 183. The van der Waals surface area contributed by atoms with Gasteiger partial charge < -0.3 is 9.64 Å². The van der Waals surface area contributed by atoms with Crippen LogP contribution in [0.15, 0.2) is 0 Å². The molecule has 0 aromatic heterocycles. The van der Waals surface area contributed by atoms with Gasteiger partial charge in [0.05, 0.1) is 0 Å². The van der Waals surface area contributed by atoms with Crippen LogP contribution in [0.3, 0.4) is 0 Å². The Morgan fingerprint density at radius 2 is 1.85 bits per heavy atom. The van der Waals surface area contributed by atoms with Crippen molar-refractivity contribution in [2.45, 2.75) is 26.9 Å².